The second-order valence-electron chi connectivity index (χ2n) is 2.89. The fourth-order valence-corrected chi connectivity index (χ4v) is 1.53. The van der Waals surface area contributed by atoms with E-state index >= 15 is 0 Å². The molecule has 0 spiro atoms. The summed E-state index contributed by atoms with van der Waals surface area (Å²) < 4.78 is 0. The van der Waals surface area contributed by atoms with Crippen LogP contribution in [0.2, 0.25) is 0 Å². The van der Waals surface area contributed by atoms with Gasteiger partial charge in [0.2, 0.25) is 0 Å². The molecule has 0 aliphatic heterocycles. The zero-order valence-corrected chi connectivity index (χ0v) is 9.52. The van der Waals surface area contributed by atoms with E-state index in [1.807, 2.05) is 0 Å². The molecule has 7 heteroatoms. The summed E-state index contributed by atoms with van der Waals surface area (Å²) in [5.74, 6) is -0.490. The van der Waals surface area contributed by atoms with Crippen molar-refractivity contribution in [2.45, 2.75) is 0 Å². The van der Waals surface area contributed by atoms with Gasteiger partial charge in [0, 0.05) is 5.69 Å². The first-order valence-corrected chi connectivity index (χ1v) is 5.20. The molecule has 0 bridgehead atoms. The summed E-state index contributed by atoms with van der Waals surface area (Å²) in [6.07, 6.45) is 0. The SMILES string of the molecule is N#Cc1cc(N)cc(C(=O)CBr)c1[N+](=O)[O-]. The van der Waals surface area contributed by atoms with Gasteiger partial charge in [0.15, 0.2) is 5.78 Å². The molecular formula is C9H6BrN3O3. The average Bonchev–Trinajstić information content (AvgIpc) is 2.26. The Balaban J connectivity index is 3.58. The second-order valence-corrected chi connectivity index (χ2v) is 3.45. The Kier molecular flexibility index (Phi) is 3.58. The molecule has 0 radical (unpaired) electrons. The van der Waals surface area contributed by atoms with Gasteiger partial charge in [0.1, 0.15) is 11.6 Å². The van der Waals surface area contributed by atoms with Crippen LogP contribution in [0.1, 0.15) is 15.9 Å². The standard InChI is InChI=1S/C9H6BrN3O3/c10-3-8(14)7-2-6(12)1-5(4-11)9(7)13(15)16/h1-2H,3,12H2. The van der Waals surface area contributed by atoms with E-state index in [9.17, 15) is 14.9 Å². The van der Waals surface area contributed by atoms with Crippen LogP contribution >= 0.6 is 15.9 Å². The normalized spacial score (nSPS) is 9.50. The van der Waals surface area contributed by atoms with Gasteiger partial charge in [-0.15, -0.1) is 0 Å². The van der Waals surface area contributed by atoms with Gasteiger partial charge >= 0.3 is 0 Å². The lowest BCUT2D eigenvalue weighted by molar-refractivity contribution is -0.385. The molecule has 0 saturated carbocycles. The minimum absolute atomic E-state index is 0.0673. The highest BCUT2D eigenvalue weighted by Gasteiger charge is 2.24. The number of nitrogens with two attached hydrogens (primary N) is 1. The second kappa shape index (κ2) is 4.72. The van der Waals surface area contributed by atoms with E-state index in [1.165, 1.54) is 12.1 Å². The van der Waals surface area contributed by atoms with E-state index < -0.39 is 16.4 Å². The number of hydrogen-bond donors (Lipinski definition) is 1. The van der Waals surface area contributed by atoms with Crippen molar-refractivity contribution in [1.82, 2.24) is 0 Å². The first-order chi connectivity index (χ1) is 7.51. The summed E-state index contributed by atoms with van der Waals surface area (Å²) in [4.78, 5) is 21.5. The minimum atomic E-state index is -0.756. The van der Waals surface area contributed by atoms with Crippen LogP contribution in [0, 0.1) is 21.4 Å². The van der Waals surface area contributed by atoms with E-state index in [-0.39, 0.29) is 22.1 Å². The number of nitrogen functional groups attached to an aromatic ring is 1. The molecule has 0 heterocycles. The van der Waals surface area contributed by atoms with E-state index in [1.54, 1.807) is 6.07 Å². The van der Waals surface area contributed by atoms with Gasteiger partial charge in [-0.25, -0.2) is 0 Å². The molecule has 0 atom stereocenters. The van der Waals surface area contributed by atoms with Gasteiger partial charge in [-0.1, -0.05) is 15.9 Å². The lowest BCUT2D eigenvalue weighted by Crippen LogP contribution is -2.07. The van der Waals surface area contributed by atoms with Crippen LogP contribution in [-0.2, 0) is 0 Å². The molecule has 1 rings (SSSR count). The Morgan fingerprint density at radius 1 is 1.62 bits per heavy atom. The topological polar surface area (TPSA) is 110 Å². The Morgan fingerprint density at radius 3 is 2.69 bits per heavy atom. The highest BCUT2D eigenvalue weighted by atomic mass is 79.9. The molecule has 0 fully saturated rings. The summed E-state index contributed by atoms with van der Waals surface area (Å²) in [6.45, 7) is 0. The van der Waals surface area contributed by atoms with E-state index in [4.69, 9.17) is 11.0 Å². The minimum Gasteiger partial charge on any atom is -0.399 e. The quantitative estimate of drug-likeness (QED) is 0.298. The lowest BCUT2D eigenvalue weighted by atomic mass is 10.0. The predicted octanol–water partition coefficient (Wildman–Crippen LogP) is 1.63. The molecular weight excluding hydrogens is 278 g/mol. The Labute approximate surface area is 98.9 Å². The molecule has 0 unspecified atom stereocenters. The number of rotatable bonds is 3. The third-order valence-corrected chi connectivity index (χ3v) is 2.37. The van der Waals surface area contributed by atoms with Gasteiger partial charge in [-0.2, -0.15) is 5.26 Å². The van der Waals surface area contributed by atoms with Crippen LogP contribution in [0.5, 0.6) is 0 Å². The fourth-order valence-electron chi connectivity index (χ4n) is 1.22. The van der Waals surface area contributed by atoms with Gasteiger partial charge in [-0.05, 0) is 12.1 Å². The molecule has 0 aliphatic rings. The van der Waals surface area contributed by atoms with Crippen LogP contribution < -0.4 is 5.73 Å². The number of halogens is 1. The summed E-state index contributed by atoms with van der Waals surface area (Å²) >= 11 is 2.91. The van der Waals surface area contributed by atoms with Crippen LogP contribution in [0.25, 0.3) is 0 Å². The van der Waals surface area contributed by atoms with Gasteiger partial charge < -0.3 is 5.73 Å². The molecule has 0 amide bonds. The number of ketones is 1. The number of nitrogens with zero attached hydrogens (tertiary/aromatic N) is 2. The highest BCUT2D eigenvalue weighted by molar-refractivity contribution is 9.09. The van der Waals surface area contributed by atoms with Gasteiger partial charge in [0.05, 0.1) is 15.8 Å². The molecule has 1 aromatic carbocycles. The van der Waals surface area contributed by atoms with Crippen molar-refractivity contribution in [1.29, 1.82) is 5.26 Å². The Bertz CT molecular complexity index is 507. The van der Waals surface area contributed by atoms with Crippen molar-refractivity contribution in [2.75, 3.05) is 11.1 Å². The van der Waals surface area contributed by atoms with E-state index in [2.05, 4.69) is 15.9 Å². The number of nitriles is 1. The van der Waals surface area contributed by atoms with Gasteiger partial charge in [-0.3, -0.25) is 14.9 Å². The molecule has 16 heavy (non-hydrogen) atoms. The smallest absolute Gasteiger partial charge is 0.298 e. The maximum atomic E-state index is 11.4. The van der Waals surface area contributed by atoms with Crippen molar-refractivity contribution >= 4 is 33.1 Å². The largest absolute Gasteiger partial charge is 0.399 e. The van der Waals surface area contributed by atoms with Gasteiger partial charge in [0.25, 0.3) is 5.69 Å². The van der Waals surface area contributed by atoms with Crippen LogP contribution in [-0.4, -0.2) is 16.0 Å². The molecule has 6 nitrogen and oxygen atoms in total. The summed E-state index contributed by atoms with van der Waals surface area (Å²) in [7, 11) is 0. The van der Waals surface area contributed by atoms with Crippen molar-refractivity contribution in [3.05, 3.63) is 33.4 Å². The molecule has 0 saturated heterocycles. The Hall–Kier alpha value is -1.94. The Morgan fingerprint density at radius 2 is 2.25 bits per heavy atom. The molecule has 1 aromatic rings. The van der Waals surface area contributed by atoms with E-state index in [0.29, 0.717) is 0 Å². The summed E-state index contributed by atoms with van der Waals surface area (Å²) in [5.41, 5.74) is 4.73. The summed E-state index contributed by atoms with van der Waals surface area (Å²) in [5, 5.41) is 19.4. The third-order valence-electron chi connectivity index (χ3n) is 1.86. The predicted molar refractivity (Wildman–Crippen MR) is 60.3 cm³/mol. The van der Waals surface area contributed by atoms with Crippen molar-refractivity contribution in [3.63, 3.8) is 0 Å². The van der Waals surface area contributed by atoms with Crippen LogP contribution in [0.4, 0.5) is 11.4 Å². The van der Waals surface area contributed by atoms with E-state index in [0.717, 1.165) is 0 Å². The monoisotopic (exact) mass is 283 g/mol. The number of nitro benzene ring substituents is 1. The average molecular weight is 284 g/mol. The van der Waals surface area contributed by atoms with Crippen LogP contribution in [0.15, 0.2) is 12.1 Å². The number of hydrogen-bond acceptors (Lipinski definition) is 5. The third kappa shape index (κ3) is 2.17. The molecule has 0 aliphatic carbocycles. The molecule has 2 N–H and O–H groups in total. The summed E-state index contributed by atoms with van der Waals surface area (Å²) in [6, 6.07) is 4.01. The number of carbonyl (C=O) groups excluding carboxylic acids is 1. The maximum absolute atomic E-state index is 11.4. The fraction of sp³-hybridized carbons (Fsp3) is 0.111. The highest BCUT2D eigenvalue weighted by Crippen LogP contribution is 2.27. The number of Topliss-reactive ketones (excluding diaryl/α,β-unsaturated/α-hetero) is 1. The first kappa shape index (κ1) is 12.1. The van der Waals surface area contributed by atoms with Crippen molar-refractivity contribution < 1.29 is 9.72 Å². The number of nitro groups is 1. The van der Waals surface area contributed by atoms with Crippen LogP contribution in [0.3, 0.4) is 0 Å². The number of alkyl halides is 1. The number of benzene rings is 1. The number of anilines is 1. The number of carbonyl (C=O) groups is 1. The van der Waals surface area contributed by atoms with Crippen molar-refractivity contribution in [2.24, 2.45) is 0 Å². The lowest BCUT2D eigenvalue weighted by Gasteiger charge is -2.03. The van der Waals surface area contributed by atoms with Crippen molar-refractivity contribution in [3.8, 4) is 6.07 Å². The molecule has 82 valence electrons. The molecule has 0 aromatic heterocycles. The zero-order chi connectivity index (χ0) is 12.3. The maximum Gasteiger partial charge on any atom is 0.298 e. The zero-order valence-electron chi connectivity index (χ0n) is 7.94. The first-order valence-electron chi connectivity index (χ1n) is 4.08.